The highest BCUT2D eigenvalue weighted by Crippen LogP contribution is 2.42. The zero-order valence-electron chi connectivity index (χ0n) is 22.1. The number of carbonyl (C=O) groups excluding carboxylic acids is 1. The number of aryl methyl sites for hydroxylation is 1. The van der Waals surface area contributed by atoms with Crippen molar-refractivity contribution in [3.8, 4) is 0 Å². The Labute approximate surface area is 211 Å². The number of H-pyrrole nitrogens is 1. The van der Waals surface area contributed by atoms with Crippen LogP contribution in [0.4, 0.5) is 0 Å². The molecule has 2 unspecified atom stereocenters. The summed E-state index contributed by atoms with van der Waals surface area (Å²) >= 11 is 0. The number of aromatic nitrogens is 5. The topological polar surface area (TPSA) is 97.6 Å². The van der Waals surface area contributed by atoms with Gasteiger partial charge in [0.15, 0.2) is 5.65 Å². The van der Waals surface area contributed by atoms with Crippen LogP contribution in [-0.2, 0) is 13.6 Å². The lowest BCUT2D eigenvalue weighted by molar-refractivity contribution is 0.0837. The highest BCUT2D eigenvalue weighted by molar-refractivity contribution is 5.97. The molecule has 0 radical (unpaired) electrons. The first kappa shape index (κ1) is 24.3. The van der Waals surface area contributed by atoms with Crippen molar-refractivity contribution in [3.63, 3.8) is 0 Å². The number of nitrogens with zero attached hydrogens (tertiary/aromatic N) is 4. The van der Waals surface area contributed by atoms with Crippen LogP contribution in [0, 0.1) is 10.8 Å². The van der Waals surface area contributed by atoms with E-state index in [0.717, 1.165) is 47.2 Å². The van der Waals surface area contributed by atoms with Gasteiger partial charge in [0.05, 0.1) is 22.9 Å². The second-order valence-corrected chi connectivity index (χ2v) is 12.2. The molecule has 1 saturated carbocycles. The van der Waals surface area contributed by atoms with Crippen molar-refractivity contribution in [3.05, 3.63) is 58.4 Å². The van der Waals surface area contributed by atoms with Gasteiger partial charge in [-0.1, -0.05) is 34.6 Å². The van der Waals surface area contributed by atoms with Crippen molar-refractivity contribution in [1.82, 2.24) is 29.4 Å². The molecule has 1 aromatic carbocycles. The lowest BCUT2D eigenvalue weighted by Gasteiger charge is -2.42. The van der Waals surface area contributed by atoms with Gasteiger partial charge in [-0.25, -0.2) is 14.8 Å². The van der Waals surface area contributed by atoms with E-state index in [1.807, 2.05) is 28.8 Å². The number of hydrogen-bond acceptors (Lipinski definition) is 4. The number of imidazole rings is 2. The van der Waals surface area contributed by atoms with Gasteiger partial charge in [-0.2, -0.15) is 0 Å². The lowest BCUT2D eigenvalue weighted by Crippen LogP contribution is -2.48. The van der Waals surface area contributed by atoms with Gasteiger partial charge >= 0.3 is 5.69 Å². The van der Waals surface area contributed by atoms with Gasteiger partial charge in [0.25, 0.3) is 5.91 Å². The smallest absolute Gasteiger partial charge is 0.330 e. The van der Waals surface area contributed by atoms with Crippen molar-refractivity contribution in [2.45, 2.75) is 72.4 Å². The van der Waals surface area contributed by atoms with Gasteiger partial charge in [0.2, 0.25) is 0 Å². The molecular formula is C28H36N6O2. The molecule has 2 atom stereocenters. The van der Waals surface area contributed by atoms with Gasteiger partial charge in [0.1, 0.15) is 0 Å². The number of nitrogens with one attached hydrogen (secondary N) is 2. The van der Waals surface area contributed by atoms with E-state index >= 15 is 0 Å². The number of pyridine rings is 1. The molecular weight excluding hydrogens is 452 g/mol. The summed E-state index contributed by atoms with van der Waals surface area (Å²) in [4.78, 5) is 38.4. The highest BCUT2D eigenvalue weighted by Gasteiger charge is 2.38. The Bertz CT molecular complexity index is 1500. The van der Waals surface area contributed by atoms with E-state index in [1.54, 1.807) is 17.9 Å². The van der Waals surface area contributed by atoms with E-state index in [4.69, 9.17) is 4.98 Å². The highest BCUT2D eigenvalue weighted by atomic mass is 16.2. The monoisotopic (exact) mass is 488 g/mol. The third-order valence-electron chi connectivity index (χ3n) is 7.64. The van der Waals surface area contributed by atoms with Gasteiger partial charge < -0.3 is 10.3 Å². The van der Waals surface area contributed by atoms with Crippen molar-refractivity contribution < 1.29 is 4.79 Å². The Balaban J connectivity index is 1.40. The maximum absolute atomic E-state index is 13.2. The van der Waals surface area contributed by atoms with Gasteiger partial charge in [-0.15, -0.1) is 0 Å². The van der Waals surface area contributed by atoms with E-state index in [2.05, 4.69) is 56.0 Å². The van der Waals surface area contributed by atoms with Crippen LogP contribution in [0.1, 0.15) is 75.9 Å². The number of rotatable bonds is 4. The summed E-state index contributed by atoms with van der Waals surface area (Å²) in [5.41, 5.74) is 4.82. The fraction of sp³-hybridized carbons (Fsp3) is 0.500. The molecule has 0 spiro atoms. The third kappa shape index (κ3) is 4.45. The van der Waals surface area contributed by atoms with Crippen LogP contribution in [0.3, 0.4) is 0 Å². The Morgan fingerprint density at radius 2 is 2.00 bits per heavy atom. The number of carbonyl (C=O) groups is 1. The second kappa shape index (κ2) is 8.61. The van der Waals surface area contributed by atoms with E-state index in [-0.39, 0.29) is 34.4 Å². The molecule has 190 valence electrons. The maximum atomic E-state index is 13.2. The van der Waals surface area contributed by atoms with Crippen LogP contribution in [0.2, 0.25) is 0 Å². The first-order valence-corrected chi connectivity index (χ1v) is 12.7. The molecule has 8 heteroatoms. The summed E-state index contributed by atoms with van der Waals surface area (Å²) in [7, 11) is 1.80. The quantitative estimate of drug-likeness (QED) is 0.433. The molecule has 1 amide bonds. The van der Waals surface area contributed by atoms with Crippen LogP contribution in [0.25, 0.3) is 22.2 Å². The molecule has 1 aliphatic rings. The average molecular weight is 489 g/mol. The molecule has 3 heterocycles. The van der Waals surface area contributed by atoms with E-state index in [9.17, 15) is 9.59 Å². The molecule has 8 nitrogen and oxygen atoms in total. The van der Waals surface area contributed by atoms with Gasteiger partial charge in [0, 0.05) is 36.8 Å². The molecule has 0 saturated heterocycles. The lowest BCUT2D eigenvalue weighted by atomic mass is 9.68. The van der Waals surface area contributed by atoms with Crippen molar-refractivity contribution in [1.29, 1.82) is 0 Å². The first-order valence-electron chi connectivity index (χ1n) is 12.7. The number of aromatic amines is 1. The molecule has 1 aliphatic carbocycles. The van der Waals surface area contributed by atoms with Crippen molar-refractivity contribution >= 4 is 28.1 Å². The Morgan fingerprint density at radius 1 is 1.22 bits per heavy atom. The van der Waals surface area contributed by atoms with Crippen LogP contribution in [-0.4, -0.2) is 36.0 Å². The van der Waals surface area contributed by atoms with Crippen LogP contribution >= 0.6 is 0 Å². The third-order valence-corrected chi connectivity index (χ3v) is 7.64. The summed E-state index contributed by atoms with van der Waals surface area (Å²) in [6, 6.07) is 9.65. The zero-order valence-corrected chi connectivity index (χ0v) is 22.1. The molecule has 0 bridgehead atoms. The minimum atomic E-state index is -0.0738. The molecule has 3 aromatic heterocycles. The average Bonchev–Trinajstić information content (AvgIpc) is 3.37. The number of fused-ring (bicyclic) bond motifs is 2. The standard InChI is InChI=1S/C28H36N6O2/c1-27(2,3)15-34-22-10-9-19(31-24(22)33(6)26(34)36)17-11-12-28(4,5)23(14-17)32-25(35)18-7-8-20-21(13-18)30-16-29-20/h7-10,13,16-17,23H,11-12,14-15H2,1-6H3,(H,29,30)(H,32,35). The minimum Gasteiger partial charge on any atom is -0.349 e. The largest absolute Gasteiger partial charge is 0.349 e. The molecule has 4 aromatic rings. The Kier molecular flexibility index (Phi) is 5.80. The normalized spacial score (nSPS) is 20.2. The number of benzene rings is 1. The molecule has 2 N–H and O–H groups in total. The Morgan fingerprint density at radius 3 is 2.75 bits per heavy atom. The predicted octanol–water partition coefficient (Wildman–Crippen LogP) is 4.75. The SMILES string of the molecule is Cn1c(=O)n(CC(C)(C)C)c2ccc(C3CCC(C)(C)C(NC(=O)c4ccc5nc[nH]c5c4)C3)nc21. The van der Waals surface area contributed by atoms with Crippen LogP contribution < -0.4 is 11.0 Å². The molecule has 1 fully saturated rings. The summed E-state index contributed by atoms with van der Waals surface area (Å²) in [5, 5.41) is 3.31. The molecule has 36 heavy (non-hydrogen) atoms. The van der Waals surface area contributed by atoms with E-state index < -0.39 is 0 Å². The summed E-state index contributed by atoms with van der Waals surface area (Å²) in [5.74, 6) is 0.138. The van der Waals surface area contributed by atoms with Crippen LogP contribution in [0.5, 0.6) is 0 Å². The predicted molar refractivity (Wildman–Crippen MR) is 142 cm³/mol. The van der Waals surface area contributed by atoms with E-state index in [1.165, 1.54) is 0 Å². The number of amides is 1. The maximum Gasteiger partial charge on any atom is 0.330 e. The minimum absolute atomic E-state index is 0.00742. The van der Waals surface area contributed by atoms with Crippen molar-refractivity contribution in [2.24, 2.45) is 17.9 Å². The zero-order chi connectivity index (χ0) is 25.8. The van der Waals surface area contributed by atoms with E-state index in [0.29, 0.717) is 12.1 Å². The number of hydrogen-bond donors (Lipinski definition) is 2. The van der Waals surface area contributed by atoms with Crippen molar-refractivity contribution in [2.75, 3.05) is 0 Å². The second-order valence-electron chi connectivity index (χ2n) is 12.2. The molecule has 0 aliphatic heterocycles. The van der Waals surface area contributed by atoms with Gasteiger partial charge in [-0.3, -0.25) is 13.9 Å². The summed E-state index contributed by atoms with van der Waals surface area (Å²) in [6.45, 7) is 11.5. The van der Waals surface area contributed by atoms with Crippen LogP contribution in [0.15, 0.2) is 41.5 Å². The fourth-order valence-corrected chi connectivity index (χ4v) is 5.43. The first-order chi connectivity index (χ1) is 16.9. The fourth-order valence-electron chi connectivity index (χ4n) is 5.43. The van der Waals surface area contributed by atoms with Gasteiger partial charge in [-0.05, 0) is 60.4 Å². The Hall–Kier alpha value is -3.42. The molecule has 5 rings (SSSR count). The summed E-state index contributed by atoms with van der Waals surface area (Å²) < 4.78 is 3.48. The summed E-state index contributed by atoms with van der Waals surface area (Å²) in [6.07, 6.45) is 4.42.